The molecule has 7 heavy (non-hydrogen) atoms. The van der Waals surface area contributed by atoms with Crippen LogP contribution in [0.5, 0.6) is 0 Å². The molecule has 0 spiro atoms. The molecule has 0 aromatic rings. The minimum atomic E-state index is 0. The van der Waals surface area contributed by atoms with E-state index < -0.39 is 0 Å². The van der Waals surface area contributed by atoms with Crippen LogP contribution in [0.1, 0.15) is 0 Å². The van der Waals surface area contributed by atoms with E-state index in [0.29, 0.717) is 0 Å². The molecule has 0 aliphatic carbocycles. The van der Waals surface area contributed by atoms with Crippen molar-refractivity contribution in [1.29, 1.82) is 0 Å². The van der Waals surface area contributed by atoms with Crippen LogP contribution in [0.3, 0.4) is 0 Å². The Bertz CT molecular complexity index is 74.1. The molecule has 0 fully saturated rings. The van der Waals surface area contributed by atoms with E-state index in [4.69, 9.17) is 0 Å². The third-order valence-corrected chi connectivity index (χ3v) is 0.697. The molecule has 0 saturated heterocycles. The van der Waals surface area contributed by atoms with Gasteiger partial charge in [-0.15, -0.1) is 0 Å². The lowest BCUT2D eigenvalue weighted by Gasteiger charge is -1.94. The third-order valence-electron chi connectivity index (χ3n) is 0.697. The predicted octanol–water partition coefficient (Wildman–Crippen LogP) is -0.165. The van der Waals surface area contributed by atoms with Crippen molar-refractivity contribution >= 4 is 0 Å². The van der Waals surface area contributed by atoms with Crippen LogP contribution in [0.25, 0.3) is 0 Å². The first kappa shape index (κ1) is 6.24. The molecule has 2 nitrogen and oxygen atoms in total. The summed E-state index contributed by atoms with van der Waals surface area (Å²) in [5, 5.41) is 3.02. The van der Waals surface area contributed by atoms with Crippen molar-refractivity contribution in [2.75, 3.05) is 6.54 Å². The summed E-state index contributed by atoms with van der Waals surface area (Å²) in [7, 11) is 0. The van der Waals surface area contributed by atoms with Crippen molar-refractivity contribution in [1.82, 2.24) is 5.32 Å². The summed E-state index contributed by atoms with van der Waals surface area (Å²) in [5.41, 5.74) is 0. The van der Waals surface area contributed by atoms with Gasteiger partial charge in [0, 0.05) is 6.54 Å². The molecular weight excluding hydrogens is 90.1 g/mol. The summed E-state index contributed by atoms with van der Waals surface area (Å²) < 4.78 is 0. The van der Waals surface area contributed by atoms with Crippen LogP contribution in [-0.4, -0.2) is 12.0 Å². The first-order chi connectivity index (χ1) is 3.00. The van der Waals surface area contributed by atoms with E-state index in [2.05, 4.69) is 11.4 Å². The Morgan fingerprint density at radius 3 is 2.29 bits per heavy atom. The van der Waals surface area contributed by atoms with Crippen molar-refractivity contribution in [3.8, 4) is 0 Å². The van der Waals surface area contributed by atoms with Crippen LogP contribution in [0.2, 0.25) is 0 Å². The standard InChI is InChI=1S/C5H7N.H2O/c1-2-4-6-5-3-1;/h1-4,6H,5H2;1H2. The molecular formula is C5H9NO. The highest BCUT2D eigenvalue weighted by atomic mass is 16.0. The first-order valence-electron chi connectivity index (χ1n) is 2.05. The van der Waals surface area contributed by atoms with E-state index >= 15 is 0 Å². The molecule has 1 aliphatic rings. The second kappa shape index (κ2) is 3.43. The number of allylic oxidation sites excluding steroid dienone is 2. The van der Waals surface area contributed by atoms with Gasteiger partial charge in [-0.05, 0) is 12.3 Å². The second-order valence-corrected chi connectivity index (χ2v) is 1.20. The molecule has 0 aromatic carbocycles. The zero-order valence-corrected chi connectivity index (χ0v) is 4.02. The molecule has 0 aromatic heterocycles. The topological polar surface area (TPSA) is 43.5 Å². The zero-order chi connectivity index (χ0) is 4.24. The molecule has 0 bridgehead atoms. The van der Waals surface area contributed by atoms with E-state index in [-0.39, 0.29) is 5.48 Å². The van der Waals surface area contributed by atoms with Crippen LogP contribution in [0, 0.1) is 0 Å². The van der Waals surface area contributed by atoms with Gasteiger partial charge in [0.2, 0.25) is 0 Å². The summed E-state index contributed by atoms with van der Waals surface area (Å²) in [6, 6.07) is 0. The van der Waals surface area contributed by atoms with Crippen LogP contribution >= 0.6 is 0 Å². The average molecular weight is 99.1 g/mol. The second-order valence-electron chi connectivity index (χ2n) is 1.20. The highest BCUT2D eigenvalue weighted by molar-refractivity contribution is 5.06. The molecule has 3 N–H and O–H groups in total. The lowest BCUT2D eigenvalue weighted by molar-refractivity contribution is 0.824. The van der Waals surface area contributed by atoms with Crippen molar-refractivity contribution in [2.45, 2.75) is 0 Å². The van der Waals surface area contributed by atoms with Gasteiger partial charge in [0.1, 0.15) is 0 Å². The number of hydrogen-bond donors (Lipinski definition) is 1. The number of dihydropyridines is 1. The molecule has 2 heteroatoms. The lowest BCUT2D eigenvalue weighted by Crippen LogP contribution is -2.05. The summed E-state index contributed by atoms with van der Waals surface area (Å²) in [6.07, 6.45) is 8.00. The molecule has 40 valence electrons. The smallest absolute Gasteiger partial charge is 0.0328 e. The molecule has 1 rings (SSSR count). The fourth-order valence-electron chi connectivity index (χ4n) is 0.406. The Kier molecular flexibility index (Phi) is 3.06. The van der Waals surface area contributed by atoms with E-state index in [1.54, 1.807) is 0 Å². The fraction of sp³-hybridized carbons (Fsp3) is 0.200. The zero-order valence-electron chi connectivity index (χ0n) is 4.02. The summed E-state index contributed by atoms with van der Waals surface area (Å²) in [4.78, 5) is 0. The van der Waals surface area contributed by atoms with Crippen LogP contribution in [0.4, 0.5) is 0 Å². The van der Waals surface area contributed by atoms with Crippen molar-refractivity contribution < 1.29 is 5.48 Å². The summed E-state index contributed by atoms with van der Waals surface area (Å²) in [6.45, 7) is 0.983. The lowest BCUT2D eigenvalue weighted by atomic mass is 10.4. The van der Waals surface area contributed by atoms with Crippen LogP contribution < -0.4 is 5.32 Å². The largest absolute Gasteiger partial charge is 0.412 e. The van der Waals surface area contributed by atoms with Gasteiger partial charge in [0.15, 0.2) is 0 Å². The Morgan fingerprint density at radius 1 is 1.29 bits per heavy atom. The summed E-state index contributed by atoms with van der Waals surface area (Å²) in [5.74, 6) is 0. The van der Waals surface area contributed by atoms with Crippen molar-refractivity contribution in [3.05, 3.63) is 24.4 Å². The van der Waals surface area contributed by atoms with E-state index in [1.165, 1.54) is 0 Å². The average Bonchev–Trinajstić information content (AvgIpc) is 1.72. The van der Waals surface area contributed by atoms with Crippen molar-refractivity contribution in [2.24, 2.45) is 0 Å². The predicted molar refractivity (Wildman–Crippen MR) is 29.9 cm³/mol. The number of rotatable bonds is 0. The van der Waals surface area contributed by atoms with Gasteiger partial charge in [-0.3, -0.25) is 0 Å². The maximum atomic E-state index is 3.02. The Balaban J connectivity index is 0.000000360. The highest BCUT2D eigenvalue weighted by Crippen LogP contribution is 1.78. The van der Waals surface area contributed by atoms with Gasteiger partial charge in [-0.25, -0.2) is 0 Å². The molecule has 0 amide bonds. The van der Waals surface area contributed by atoms with Crippen LogP contribution in [0.15, 0.2) is 24.4 Å². The van der Waals surface area contributed by atoms with Gasteiger partial charge in [-0.2, -0.15) is 0 Å². The highest BCUT2D eigenvalue weighted by Gasteiger charge is 1.73. The van der Waals surface area contributed by atoms with E-state index in [9.17, 15) is 0 Å². The van der Waals surface area contributed by atoms with Gasteiger partial charge in [0.05, 0.1) is 0 Å². The maximum Gasteiger partial charge on any atom is 0.0328 e. The number of nitrogens with one attached hydrogen (secondary N) is 1. The van der Waals surface area contributed by atoms with E-state index in [0.717, 1.165) is 6.54 Å². The van der Waals surface area contributed by atoms with Crippen LogP contribution in [-0.2, 0) is 0 Å². The maximum absolute atomic E-state index is 3.02. The van der Waals surface area contributed by atoms with E-state index in [1.807, 2.05) is 18.4 Å². The molecule has 0 radical (unpaired) electrons. The Hall–Kier alpha value is -0.760. The minimum absolute atomic E-state index is 0. The van der Waals surface area contributed by atoms with Gasteiger partial charge >= 0.3 is 0 Å². The first-order valence-corrected chi connectivity index (χ1v) is 2.05. The number of hydrogen-bond acceptors (Lipinski definition) is 1. The van der Waals surface area contributed by atoms with Crippen molar-refractivity contribution in [3.63, 3.8) is 0 Å². The molecule has 0 unspecified atom stereocenters. The Labute approximate surface area is 42.8 Å². The molecule has 1 aliphatic heterocycles. The quantitative estimate of drug-likeness (QED) is 0.450. The monoisotopic (exact) mass is 99.1 g/mol. The van der Waals surface area contributed by atoms with Gasteiger partial charge < -0.3 is 10.8 Å². The molecule has 1 heterocycles. The SMILES string of the molecule is C1=CCNC=C1.O. The molecule has 0 saturated carbocycles. The minimum Gasteiger partial charge on any atom is -0.412 e. The fourth-order valence-corrected chi connectivity index (χ4v) is 0.406. The third kappa shape index (κ3) is 2.00. The van der Waals surface area contributed by atoms with Gasteiger partial charge in [0.25, 0.3) is 0 Å². The van der Waals surface area contributed by atoms with Gasteiger partial charge in [-0.1, -0.05) is 12.2 Å². The normalized spacial score (nSPS) is 14.9. The summed E-state index contributed by atoms with van der Waals surface area (Å²) >= 11 is 0. The molecule has 0 atom stereocenters. The Morgan fingerprint density at radius 2 is 2.14 bits per heavy atom.